The van der Waals surface area contributed by atoms with E-state index in [1.165, 1.54) is 0 Å². The van der Waals surface area contributed by atoms with Gasteiger partial charge in [-0.3, -0.25) is 4.79 Å². The Balaban J connectivity index is 2.46. The minimum Gasteiger partial charge on any atom is -0.472 e. The molecule has 0 radical (unpaired) electrons. The van der Waals surface area contributed by atoms with E-state index in [2.05, 4.69) is 18.8 Å². The van der Waals surface area contributed by atoms with Crippen LogP contribution in [0.15, 0.2) is 12.2 Å². The lowest BCUT2D eigenvalue weighted by Crippen LogP contribution is -2.19. The van der Waals surface area contributed by atoms with Crippen molar-refractivity contribution in [2.45, 2.75) is 76.9 Å². The van der Waals surface area contributed by atoms with E-state index in [1.54, 1.807) is 12.2 Å². The van der Waals surface area contributed by atoms with Gasteiger partial charge in [0.15, 0.2) is 0 Å². The number of rotatable bonds is 10. The quantitative estimate of drug-likeness (QED) is 0.320. The molecule has 1 aliphatic rings. The van der Waals surface area contributed by atoms with Crippen molar-refractivity contribution in [1.29, 1.82) is 0 Å². The zero-order valence-electron chi connectivity index (χ0n) is 15.0. The molecule has 1 rings (SSSR count). The zero-order valence-corrected chi connectivity index (χ0v) is 15.0. The largest absolute Gasteiger partial charge is 0.472 e. The zero-order chi connectivity index (χ0) is 18.7. The van der Waals surface area contributed by atoms with Gasteiger partial charge in [0.1, 0.15) is 5.78 Å². The van der Waals surface area contributed by atoms with Gasteiger partial charge in [-0.1, -0.05) is 50.7 Å². The summed E-state index contributed by atoms with van der Waals surface area (Å²) < 4.78 is 0. The Bertz CT molecular complexity index is 514. The maximum absolute atomic E-state index is 12.1. The predicted octanol–water partition coefficient (Wildman–Crippen LogP) is 2.70. The van der Waals surface area contributed by atoms with Gasteiger partial charge in [0, 0.05) is 30.6 Å². The Labute approximate surface area is 150 Å². The van der Waals surface area contributed by atoms with Crippen LogP contribution < -0.4 is 0 Å². The third kappa shape index (κ3) is 8.33. The van der Waals surface area contributed by atoms with Gasteiger partial charge >= 0.3 is 5.97 Å². The van der Waals surface area contributed by atoms with E-state index >= 15 is 0 Å². The smallest absolute Gasteiger partial charge is 0.381 e. The molecule has 3 N–H and O–H groups in total. The molecule has 0 heterocycles. The lowest BCUT2D eigenvalue weighted by Gasteiger charge is -2.17. The summed E-state index contributed by atoms with van der Waals surface area (Å²) in [5.41, 5.74) is 0. The lowest BCUT2D eigenvalue weighted by molar-refractivity contribution is -0.130. The molecule has 1 saturated carbocycles. The average Bonchev–Trinajstić information content (AvgIpc) is 2.82. The van der Waals surface area contributed by atoms with Crippen LogP contribution in [0.1, 0.15) is 64.7 Å². The number of ketones is 1. The number of carbonyl (C=O) groups is 2. The summed E-state index contributed by atoms with van der Waals surface area (Å²) >= 11 is 0. The summed E-state index contributed by atoms with van der Waals surface area (Å²) in [6.07, 6.45) is 9.00. The van der Waals surface area contributed by atoms with Crippen molar-refractivity contribution in [3.8, 4) is 11.8 Å². The summed E-state index contributed by atoms with van der Waals surface area (Å²) in [7, 11) is 0. The number of hydrogen-bond acceptors (Lipinski definition) is 4. The van der Waals surface area contributed by atoms with Crippen molar-refractivity contribution < 1.29 is 24.9 Å². The van der Waals surface area contributed by atoms with Gasteiger partial charge in [-0.25, -0.2) is 4.79 Å². The summed E-state index contributed by atoms with van der Waals surface area (Å²) in [6, 6.07) is 0. The molecule has 25 heavy (non-hydrogen) atoms. The predicted molar refractivity (Wildman–Crippen MR) is 95.8 cm³/mol. The molecule has 0 aliphatic heterocycles. The molecular weight excluding hydrogens is 320 g/mol. The van der Waals surface area contributed by atoms with E-state index in [0.29, 0.717) is 19.3 Å². The van der Waals surface area contributed by atoms with E-state index in [9.17, 15) is 19.8 Å². The van der Waals surface area contributed by atoms with Crippen LogP contribution in [0.5, 0.6) is 0 Å². The Kier molecular flexibility index (Phi) is 10.1. The molecule has 1 fully saturated rings. The van der Waals surface area contributed by atoms with Gasteiger partial charge in [0.2, 0.25) is 0 Å². The molecule has 0 aromatic carbocycles. The third-order valence-electron chi connectivity index (χ3n) is 4.65. The van der Waals surface area contributed by atoms with E-state index in [0.717, 1.165) is 32.1 Å². The third-order valence-corrected chi connectivity index (χ3v) is 4.65. The fourth-order valence-corrected chi connectivity index (χ4v) is 3.26. The van der Waals surface area contributed by atoms with Crippen molar-refractivity contribution >= 4 is 11.8 Å². The van der Waals surface area contributed by atoms with Crippen LogP contribution in [0.4, 0.5) is 0 Å². The van der Waals surface area contributed by atoms with Gasteiger partial charge in [0.05, 0.1) is 12.2 Å². The van der Waals surface area contributed by atoms with Gasteiger partial charge in [-0.05, 0) is 19.3 Å². The first kappa shape index (κ1) is 21.4. The topological polar surface area (TPSA) is 94.8 Å². The molecule has 1 aliphatic carbocycles. The number of aliphatic hydroxyl groups is 2. The maximum atomic E-state index is 12.1. The standard InChI is InChI=1S/C20H30O5/c1-2-3-6-9-15(21)12-13-17-16(18(22)14-19(17)23)10-7-4-5-8-11-20(24)25/h12-13,15-17,19,21,23H,2-7,9-10,14H2,1H3,(H,24,25)/b13-12+/t15-,16+,17+,19+/m0/s1. The van der Waals surface area contributed by atoms with E-state index in [-0.39, 0.29) is 24.0 Å². The SMILES string of the molecule is CCCCC[C@H](O)/C=C/[C@H]1[C@H](O)CC(=O)[C@@H]1CCCCC#CC(=O)O. The number of carboxylic acid groups (broad SMARTS) is 1. The molecule has 0 spiro atoms. The normalized spacial score (nSPS) is 24.3. The number of unbranched alkanes of at least 4 members (excludes halogenated alkanes) is 4. The van der Waals surface area contributed by atoms with Crippen molar-refractivity contribution in [2.75, 3.05) is 0 Å². The van der Waals surface area contributed by atoms with Crippen LogP contribution in [0, 0.1) is 23.7 Å². The first-order valence-electron chi connectivity index (χ1n) is 9.24. The fraction of sp³-hybridized carbons (Fsp3) is 0.700. The van der Waals surface area contributed by atoms with Crippen LogP contribution >= 0.6 is 0 Å². The molecule has 0 aromatic heterocycles. The molecule has 0 unspecified atom stereocenters. The van der Waals surface area contributed by atoms with Gasteiger partial charge in [-0.2, -0.15) is 0 Å². The highest BCUT2D eigenvalue weighted by Gasteiger charge is 2.39. The van der Waals surface area contributed by atoms with Crippen LogP contribution in [0.3, 0.4) is 0 Å². The second-order valence-electron chi connectivity index (χ2n) is 6.72. The van der Waals surface area contributed by atoms with Crippen LogP contribution in [-0.2, 0) is 9.59 Å². The number of hydrogen-bond donors (Lipinski definition) is 3. The molecule has 5 nitrogen and oxygen atoms in total. The minimum absolute atomic E-state index is 0.0687. The average molecular weight is 350 g/mol. The number of aliphatic hydroxyl groups excluding tert-OH is 2. The lowest BCUT2D eigenvalue weighted by atomic mass is 9.88. The highest BCUT2D eigenvalue weighted by Crippen LogP contribution is 2.34. The Hall–Kier alpha value is -1.64. The molecular formula is C20H30O5. The Morgan fingerprint density at radius 2 is 2.08 bits per heavy atom. The number of carbonyl (C=O) groups excluding carboxylic acids is 1. The summed E-state index contributed by atoms with van der Waals surface area (Å²) in [6.45, 7) is 2.11. The molecule has 140 valence electrons. The van der Waals surface area contributed by atoms with Crippen molar-refractivity contribution in [1.82, 2.24) is 0 Å². The van der Waals surface area contributed by atoms with Crippen molar-refractivity contribution in [3.05, 3.63) is 12.2 Å². The summed E-state index contributed by atoms with van der Waals surface area (Å²) in [4.78, 5) is 22.4. The van der Waals surface area contributed by atoms with E-state index in [1.807, 2.05) is 0 Å². The molecule has 0 saturated heterocycles. The van der Waals surface area contributed by atoms with Gasteiger partial charge in [0.25, 0.3) is 0 Å². The first-order valence-corrected chi connectivity index (χ1v) is 9.24. The summed E-state index contributed by atoms with van der Waals surface area (Å²) in [5, 5.41) is 28.5. The van der Waals surface area contributed by atoms with E-state index < -0.39 is 18.2 Å². The van der Waals surface area contributed by atoms with Crippen molar-refractivity contribution in [3.63, 3.8) is 0 Å². The molecule has 4 atom stereocenters. The number of carboxylic acids is 1. The minimum atomic E-state index is -1.13. The first-order chi connectivity index (χ1) is 12.0. The second kappa shape index (κ2) is 11.8. The Morgan fingerprint density at radius 1 is 1.32 bits per heavy atom. The van der Waals surface area contributed by atoms with Crippen molar-refractivity contribution in [2.24, 2.45) is 11.8 Å². The highest BCUT2D eigenvalue weighted by atomic mass is 16.4. The van der Waals surface area contributed by atoms with Crippen LogP contribution in [-0.4, -0.2) is 39.3 Å². The monoisotopic (exact) mass is 350 g/mol. The number of Topliss-reactive ketones (excluding diaryl/α,β-unsaturated/α-hetero) is 1. The molecule has 0 aromatic rings. The fourth-order valence-electron chi connectivity index (χ4n) is 3.26. The summed E-state index contributed by atoms with van der Waals surface area (Å²) in [5.74, 6) is 3.13. The highest BCUT2D eigenvalue weighted by molar-refractivity contribution is 5.86. The second-order valence-corrected chi connectivity index (χ2v) is 6.72. The van der Waals surface area contributed by atoms with E-state index in [4.69, 9.17) is 5.11 Å². The Morgan fingerprint density at radius 3 is 2.76 bits per heavy atom. The maximum Gasteiger partial charge on any atom is 0.381 e. The molecule has 5 heteroatoms. The molecule has 0 amide bonds. The van der Waals surface area contributed by atoms with Crippen LogP contribution in [0.2, 0.25) is 0 Å². The van der Waals surface area contributed by atoms with Gasteiger partial charge < -0.3 is 15.3 Å². The number of aliphatic carboxylic acids is 1. The van der Waals surface area contributed by atoms with Crippen LogP contribution in [0.25, 0.3) is 0 Å². The molecule has 0 bridgehead atoms. The van der Waals surface area contributed by atoms with Gasteiger partial charge in [-0.15, -0.1) is 0 Å².